The molecule has 2 rings (SSSR count). The summed E-state index contributed by atoms with van der Waals surface area (Å²) in [4.78, 5) is 4.13. The van der Waals surface area contributed by atoms with E-state index in [0.717, 1.165) is 0 Å². The molecule has 0 amide bonds. The summed E-state index contributed by atoms with van der Waals surface area (Å²) in [7, 11) is 1.54. The smallest absolute Gasteiger partial charge is 0.163 e. The minimum absolute atomic E-state index is 0.0936. The van der Waals surface area contributed by atoms with Crippen molar-refractivity contribution < 1.29 is 9.84 Å². The van der Waals surface area contributed by atoms with Crippen molar-refractivity contribution in [2.24, 2.45) is 0 Å². The van der Waals surface area contributed by atoms with E-state index >= 15 is 0 Å². The molecule has 0 saturated heterocycles. The normalized spacial score (nSPS) is 12.7. The summed E-state index contributed by atoms with van der Waals surface area (Å²) in [5, 5.41) is 15.1. The molecule has 6 heteroatoms. The minimum atomic E-state index is -0.978. The van der Waals surface area contributed by atoms with Gasteiger partial charge in [0.1, 0.15) is 11.8 Å². The van der Waals surface area contributed by atoms with E-state index in [1.165, 1.54) is 7.11 Å². The first-order chi connectivity index (χ1) is 9.06. The topological polar surface area (TPSA) is 60.2 Å². The Labute approximate surface area is 116 Å². The second-order valence-electron chi connectivity index (χ2n) is 4.41. The van der Waals surface area contributed by atoms with Gasteiger partial charge in [-0.15, -0.1) is 0 Å². The van der Waals surface area contributed by atoms with Crippen molar-refractivity contribution in [1.29, 1.82) is 0 Å². The Balaban J connectivity index is 2.52. The molecule has 0 aliphatic rings. The lowest BCUT2D eigenvalue weighted by molar-refractivity contribution is 0.195. The third-order valence-corrected chi connectivity index (χ3v) is 3.13. The van der Waals surface area contributed by atoms with Crippen molar-refractivity contribution in [1.82, 2.24) is 14.8 Å². The van der Waals surface area contributed by atoms with Crippen LogP contribution in [0.5, 0.6) is 5.75 Å². The molecular weight excluding hydrogens is 266 g/mol. The second kappa shape index (κ2) is 5.59. The van der Waals surface area contributed by atoms with Crippen LogP contribution in [-0.4, -0.2) is 27.0 Å². The van der Waals surface area contributed by atoms with E-state index in [-0.39, 0.29) is 6.04 Å². The summed E-state index contributed by atoms with van der Waals surface area (Å²) in [5.74, 6) is 0.517. The van der Waals surface area contributed by atoms with Crippen molar-refractivity contribution in [2.45, 2.75) is 26.0 Å². The van der Waals surface area contributed by atoms with Crippen LogP contribution < -0.4 is 4.74 Å². The van der Waals surface area contributed by atoms with E-state index < -0.39 is 6.10 Å². The number of aromatic nitrogens is 3. The predicted molar refractivity (Wildman–Crippen MR) is 72.5 cm³/mol. The molecule has 1 N–H and O–H groups in total. The second-order valence-corrected chi connectivity index (χ2v) is 4.82. The third-order valence-electron chi connectivity index (χ3n) is 2.81. The standard InChI is InChI=1S/C13H16ClN3O2/c1-8(2)17-12(10(19-3)7-16-17)13(18)11-9(14)5-4-6-15-11/h4-8,13,18H,1-3H3. The Kier molecular flexibility index (Phi) is 4.07. The lowest BCUT2D eigenvalue weighted by Crippen LogP contribution is -2.14. The number of rotatable bonds is 4. The monoisotopic (exact) mass is 281 g/mol. The molecule has 2 aromatic heterocycles. The van der Waals surface area contributed by atoms with E-state index in [4.69, 9.17) is 16.3 Å². The molecule has 2 aromatic rings. The van der Waals surface area contributed by atoms with Gasteiger partial charge < -0.3 is 9.84 Å². The van der Waals surface area contributed by atoms with E-state index in [0.29, 0.717) is 22.2 Å². The molecule has 0 spiro atoms. The summed E-state index contributed by atoms with van der Waals surface area (Å²) >= 11 is 6.07. The van der Waals surface area contributed by atoms with Crippen molar-refractivity contribution in [3.8, 4) is 5.75 Å². The fourth-order valence-electron chi connectivity index (χ4n) is 1.91. The molecule has 0 aromatic carbocycles. The number of ether oxygens (including phenoxy) is 1. The Bertz CT molecular complexity index is 569. The van der Waals surface area contributed by atoms with Gasteiger partial charge in [0.25, 0.3) is 0 Å². The highest BCUT2D eigenvalue weighted by Gasteiger charge is 2.25. The lowest BCUT2D eigenvalue weighted by atomic mass is 10.1. The lowest BCUT2D eigenvalue weighted by Gasteiger charge is -2.17. The van der Waals surface area contributed by atoms with Crippen LogP contribution in [0.4, 0.5) is 0 Å². The van der Waals surface area contributed by atoms with Crippen LogP contribution in [0.3, 0.4) is 0 Å². The first-order valence-corrected chi connectivity index (χ1v) is 6.34. The summed E-state index contributed by atoms with van der Waals surface area (Å²) in [6.07, 6.45) is 2.19. The molecule has 0 aliphatic carbocycles. The van der Waals surface area contributed by atoms with Gasteiger partial charge in [0.05, 0.1) is 24.0 Å². The zero-order chi connectivity index (χ0) is 14.0. The van der Waals surface area contributed by atoms with E-state index in [1.807, 2.05) is 13.8 Å². The number of nitrogens with zero attached hydrogens (tertiary/aromatic N) is 3. The summed E-state index contributed by atoms with van der Waals surface area (Å²) in [5.41, 5.74) is 0.947. The molecule has 0 radical (unpaired) electrons. The number of pyridine rings is 1. The molecule has 5 nitrogen and oxygen atoms in total. The third kappa shape index (κ3) is 2.57. The molecule has 0 aliphatic heterocycles. The fraction of sp³-hybridized carbons (Fsp3) is 0.385. The van der Waals surface area contributed by atoms with E-state index in [2.05, 4.69) is 10.1 Å². The van der Waals surface area contributed by atoms with Crippen LogP contribution in [-0.2, 0) is 0 Å². The van der Waals surface area contributed by atoms with Gasteiger partial charge in [-0.2, -0.15) is 5.10 Å². The first kappa shape index (κ1) is 13.8. The molecule has 1 atom stereocenters. The molecule has 102 valence electrons. The number of hydrogen-bond acceptors (Lipinski definition) is 4. The predicted octanol–water partition coefficient (Wildman–Crippen LogP) is 2.60. The molecule has 0 fully saturated rings. The minimum Gasteiger partial charge on any atom is -0.493 e. The van der Waals surface area contributed by atoms with E-state index in [1.54, 1.807) is 29.2 Å². The highest BCUT2D eigenvalue weighted by molar-refractivity contribution is 6.31. The number of methoxy groups -OCH3 is 1. The summed E-state index contributed by atoms with van der Waals surface area (Å²) in [6, 6.07) is 3.50. The molecule has 19 heavy (non-hydrogen) atoms. The van der Waals surface area contributed by atoms with Gasteiger partial charge in [-0.25, -0.2) is 0 Å². The Morgan fingerprint density at radius 1 is 1.42 bits per heavy atom. The fourth-order valence-corrected chi connectivity index (χ4v) is 2.14. The molecular formula is C13H16ClN3O2. The maximum atomic E-state index is 10.5. The highest BCUT2D eigenvalue weighted by atomic mass is 35.5. The maximum absolute atomic E-state index is 10.5. The van der Waals surface area contributed by atoms with Crippen LogP contribution in [0.25, 0.3) is 0 Å². The van der Waals surface area contributed by atoms with Crippen molar-refractivity contribution >= 4 is 11.6 Å². The van der Waals surface area contributed by atoms with E-state index in [9.17, 15) is 5.11 Å². The van der Waals surface area contributed by atoms with Gasteiger partial charge >= 0.3 is 0 Å². The Morgan fingerprint density at radius 2 is 2.16 bits per heavy atom. The highest BCUT2D eigenvalue weighted by Crippen LogP contribution is 2.33. The molecule has 0 saturated carbocycles. The Morgan fingerprint density at radius 3 is 2.74 bits per heavy atom. The number of hydrogen-bond donors (Lipinski definition) is 1. The maximum Gasteiger partial charge on any atom is 0.163 e. The number of aliphatic hydroxyl groups is 1. The summed E-state index contributed by atoms with van der Waals surface area (Å²) < 4.78 is 6.95. The molecule has 2 heterocycles. The van der Waals surface area contributed by atoms with Gasteiger partial charge in [-0.3, -0.25) is 9.67 Å². The average molecular weight is 282 g/mol. The first-order valence-electron chi connectivity index (χ1n) is 5.96. The van der Waals surface area contributed by atoms with Crippen molar-refractivity contribution in [2.75, 3.05) is 7.11 Å². The summed E-state index contributed by atoms with van der Waals surface area (Å²) in [6.45, 7) is 3.95. The quantitative estimate of drug-likeness (QED) is 0.936. The van der Waals surface area contributed by atoms with Crippen LogP contribution in [0.1, 0.15) is 37.4 Å². The van der Waals surface area contributed by atoms with Gasteiger partial charge in [0, 0.05) is 12.2 Å². The Hall–Kier alpha value is -1.59. The largest absolute Gasteiger partial charge is 0.493 e. The average Bonchev–Trinajstić information content (AvgIpc) is 2.82. The number of halogens is 1. The van der Waals surface area contributed by atoms with Crippen LogP contribution in [0, 0.1) is 0 Å². The number of aliphatic hydroxyl groups excluding tert-OH is 1. The van der Waals surface area contributed by atoms with Crippen LogP contribution in [0.15, 0.2) is 24.5 Å². The van der Waals surface area contributed by atoms with Gasteiger partial charge in [-0.05, 0) is 26.0 Å². The van der Waals surface area contributed by atoms with Crippen molar-refractivity contribution in [3.63, 3.8) is 0 Å². The van der Waals surface area contributed by atoms with Crippen molar-refractivity contribution in [3.05, 3.63) is 40.9 Å². The molecule has 1 unspecified atom stereocenters. The SMILES string of the molecule is COc1cnn(C(C)C)c1C(O)c1ncccc1Cl. The zero-order valence-electron chi connectivity index (χ0n) is 11.0. The van der Waals surface area contributed by atoms with Crippen LogP contribution >= 0.6 is 11.6 Å². The van der Waals surface area contributed by atoms with Gasteiger partial charge in [0.2, 0.25) is 0 Å². The van der Waals surface area contributed by atoms with Crippen LogP contribution in [0.2, 0.25) is 5.02 Å². The molecule has 0 bridgehead atoms. The zero-order valence-corrected chi connectivity index (χ0v) is 11.8. The van der Waals surface area contributed by atoms with Gasteiger partial charge in [-0.1, -0.05) is 11.6 Å². The van der Waals surface area contributed by atoms with Gasteiger partial charge in [0.15, 0.2) is 5.75 Å².